The number of benzene rings is 1. The average molecular weight is 434 g/mol. The molecule has 0 aliphatic heterocycles. The van der Waals surface area contributed by atoms with Crippen molar-refractivity contribution >= 4 is 34.1 Å². The number of hydrogen-bond acceptors (Lipinski definition) is 4. The number of amides is 1. The maximum Gasteiger partial charge on any atom is 0.229 e. The van der Waals surface area contributed by atoms with E-state index in [1.807, 2.05) is 31.6 Å². The highest BCUT2D eigenvalue weighted by Gasteiger charge is 2.54. The minimum atomic E-state index is -0.0506. The Morgan fingerprint density at radius 1 is 1.29 bits per heavy atom. The number of halogens is 1. The molecule has 2 aromatic heterocycles. The van der Waals surface area contributed by atoms with Gasteiger partial charge in [-0.05, 0) is 59.4 Å². The lowest BCUT2D eigenvalue weighted by Crippen LogP contribution is -2.20. The Morgan fingerprint density at radius 2 is 2.10 bits per heavy atom. The first-order valence-electron chi connectivity index (χ1n) is 10.8. The van der Waals surface area contributed by atoms with Gasteiger partial charge in [0.25, 0.3) is 0 Å². The SMILES string of the molecule is CC[C@H]1[C@@H](C(=O)Nc2cc3cc([C@H]4C[C@@H](C#N)C4)c(Cl)cc3cn2)[C@@H]1c1cnn(C)c1. The topological polar surface area (TPSA) is 83.6 Å². The van der Waals surface area contributed by atoms with Crippen LogP contribution >= 0.6 is 11.6 Å². The molecule has 5 rings (SSSR count). The molecule has 2 fully saturated rings. The van der Waals surface area contributed by atoms with Gasteiger partial charge < -0.3 is 5.32 Å². The summed E-state index contributed by atoms with van der Waals surface area (Å²) in [5.74, 6) is 1.52. The number of anilines is 1. The molecule has 1 N–H and O–H groups in total. The number of rotatable bonds is 5. The van der Waals surface area contributed by atoms with E-state index in [4.69, 9.17) is 16.9 Å². The molecule has 0 saturated heterocycles. The minimum Gasteiger partial charge on any atom is -0.310 e. The predicted molar refractivity (Wildman–Crippen MR) is 120 cm³/mol. The number of pyridine rings is 1. The van der Waals surface area contributed by atoms with Crippen molar-refractivity contribution in [1.82, 2.24) is 14.8 Å². The third-order valence-electron chi connectivity index (χ3n) is 6.90. The van der Waals surface area contributed by atoms with Crippen molar-refractivity contribution in [3.8, 4) is 6.07 Å². The van der Waals surface area contributed by atoms with Gasteiger partial charge in [0.15, 0.2) is 0 Å². The van der Waals surface area contributed by atoms with Gasteiger partial charge in [0.05, 0.1) is 12.3 Å². The quantitative estimate of drug-likeness (QED) is 0.612. The van der Waals surface area contributed by atoms with Crippen LogP contribution in [0, 0.1) is 29.1 Å². The third-order valence-corrected chi connectivity index (χ3v) is 7.23. The van der Waals surface area contributed by atoms with Crippen molar-refractivity contribution < 1.29 is 4.79 Å². The molecule has 2 saturated carbocycles. The molecular weight excluding hydrogens is 410 g/mol. The summed E-state index contributed by atoms with van der Waals surface area (Å²) in [5, 5.41) is 19.0. The molecular formula is C24H24ClN5O. The van der Waals surface area contributed by atoms with Crippen LogP contribution in [0.4, 0.5) is 5.82 Å². The summed E-state index contributed by atoms with van der Waals surface area (Å²) < 4.78 is 1.78. The van der Waals surface area contributed by atoms with E-state index in [1.165, 1.54) is 0 Å². The van der Waals surface area contributed by atoms with Crippen LogP contribution in [-0.4, -0.2) is 20.7 Å². The van der Waals surface area contributed by atoms with E-state index in [9.17, 15) is 4.79 Å². The molecule has 1 aromatic carbocycles. The lowest BCUT2D eigenvalue weighted by atomic mass is 9.72. The third kappa shape index (κ3) is 3.57. The van der Waals surface area contributed by atoms with Crippen LogP contribution in [-0.2, 0) is 11.8 Å². The van der Waals surface area contributed by atoms with Crippen LogP contribution < -0.4 is 5.32 Å². The van der Waals surface area contributed by atoms with Gasteiger partial charge in [0.1, 0.15) is 5.82 Å². The summed E-state index contributed by atoms with van der Waals surface area (Å²) in [6.45, 7) is 2.12. The van der Waals surface area contributed by atoms with Gasteiger partial charge in [-0.1, -0.05) is 24.9 Å². The highest BCUT2D eigenvalue weighted by atomic mass is 35.5. The average Bonchev–Trinajstić information content (AvgIpc) is 3.31. The fourth-order valence-corrected chi connectivity index (χ4v) is 5.38. The lowest BCUT2D eigenvalue weighted by Gasteiger charge is -2.31. The van der Waals surface area contributed by atoms with Gasteiger partial charge in [0, 0.05) is 47.6 Å². The van der Waals surface area contributed by atoms with Crippen molar-refractivity contribution in [2.75, 3.05) is 5.32 Å². The number of carbonyl (C=O) groups excluding carboxylic acids is 1. The monoisotopic (exact) mass is 433 g/mol. The summed E-state index contributed by atoms with van der Waals surface area (Å²) in [7, 11) is 1.89. The molecule has 7 heteroatoms. The molecule has 0 radical (unpaired) electrons. The first-order chi connectivity index (χ1) is 15.0. The van der Waals surface area contributed by atoms with Crippen molar-refractivity contribution in [2.24, 2.45) is 24.8 Å². The van der Waals surface area contributed by atoms with E-state index >= 15 is 0 Å². The summed E-state index contributed by atoms with van der Waals surface area (Å²) in [4.78, 5) is 17.4. The zero-order chi connectivity index (χ0) is 21.7. The second-order valence-corrected chi connectivity index (χ2v) is 9.25. The molecule has 2 aliphatic carbocycles. The Balaban J connectivity index is 1.35. The van der Waals surface area contributed by atoms with Crippen LogP contribution in [0.1, 0.15) is 49.1 Å². The summed E-state index contributed by atoms with van der Waals surface area (Å²) >= 11 is 6.50. The largest absolute Gasteiger partial charge is 0.310 e. The number of nitriles is 1. The number of hydrogen-bond donors (Lipinski definition) is 1. The Morgan fingerprint density at radius 3 is 2.77 bits per heavy atom. The Hall–Kier alpha value is -2.91. The lowest BCUT2D eigenvalue weighted by molar-refractivity contribution is -0.117. The molecule has 3 atom stereocenters. The van der Waals surface area contributed by atoms with Crippen LogP contribution in [0.25, 0.3) is 10.8 Å². The molecule has 31 heavy (non-hydrogen) atoms. The smallest absolute Gasteiger partial charge is 0.229 e. The van der Waals surface area contributed by atoms with E-state index in [2.05, 4.69) is 34.5 Å². The van der Waals surface area contributed by atoms with Gasteiger partial charge in [-0.3, -0.25) is 9.48 Å². The van der Waals surface area contributed by atoms with Crippen molar-refractivity contribution in [3.05, 3.63) is 52.9 Å². The van der Waals surface area contributed by atoms with E-state index in [1.54, 1.807) is 10.9 Å². The van der Waals surface area contributed by atoms with Crippen molar-refractivity contribution in [1.29, 1.82) is 5.26 Å². The van der Waals surface area contributed by atoms with Crippen molar-refractivity contribution in [2.45, 2.75) is 38.0 Å². The minimum absolute atomic E-state index is 0.0117. The zero-order valence-corrected chi connectivity index (χ0v) is 18.3. The number of nitrogens with one attached hydrogen (secondary N) is 1. The molecule has 158 valence electrons. The van der Waals surface area contributed by atoms with E-state index in [0.717, 1.165) is 46.2 Å². The predicted octanol–water partition coefficient (Wildman–Crippen LogP) is 5.02. The van der Waals surface area contributed by atoms with Gasteiger partial charge in [-0.2, -0.15) is 10.4 Å². The molecule has 1 amide bonds. The maximum absolute atomic E-state index is 13.0. The van der Waals surface area contributed by atoms with Crippen LogP contribution in [0.3, 0.4) is 0 Å². The number of nitrogens with zero attached hydrogens (tertiary/aromatic N) is 4. The first-order valence-corrected chi connectivity index (χ1v) is 11.1. The van der Waals surface area contributed by atoms with Crippen LogP contribution in [0.5, 0.6) is 0 Å². The van der Waals surface area contributed by atoms with Gasteiger partial charge in [-0.15, -0.1) is 0 Å². The molecule has 0 spiro atoms. The van der Waals surface area contributed by atoms with Crippen LogP contribution in [0.2, 0.25) is 5.02 Å². The Kier molecular flexibility index (Phi) is 4.94. The van der Waals surface area contributed by atoms with Gasteiger partial charge in [-0.25, -0.2) is 4.98 Å². The highest BCUT2D eigenvalue weighted by molar-refractivity contribution is 6.32. The Labute approximate surface area is 186 Å². The van der Waals surface area contributed by atoms with E-state index in [0.29, 0.717) is 17.7 Å². The second kappa shape index (κ2) is 7.65. The first kappa shape index (κ1) is 20.0. The number of aryl methyl sites for hydroxylation is 1. The molecule has 2 aliphatic rings. The molecule has 6 nitrogen and oxygen atoms in total. The molecule has 2 heterocycles. The van der Waals surface area contributed by atoms with E-state index < -0.39 is 0 Å². The highest BCUT2D eigenvalue weighted by Crippen LogP contribution is 2.56. The number of carbonyl (C=O) groups is 1. The van der Waals surface area contributed by atoms with E-state index in [-0.39, 0.29) is 23.7 Å². The summed E-state index contributed by atoms with van der Waals surface area (Å²) in [6.07, 6.45) is 8.27. The summed E-state index contributed by atoms with van der Waals surface area (Å²) in [5.41, 5.74) is 2.20. The van der Waals surface area contributed by atoms with Crippen LogP contribution in [0.15, 0.2) is 36.8 Å². The van der Waals surface area contributed by atoms with Gasteiger partial charge in [0.2, 0.25) is 5.91 Å². The number of aromatic nitrogens is 3. The van der Waals surface area contributed by atoms with Crippen molar-refractivity contribution in [3.63, 3.8) is 0 Å². The second-order valence-electron chi connectivity index (χ2n) is 8.85. The normalized spacial score (nSPS) is 26.8. The standard InChI is InChI=1S/C24H24ClN5O/c1-3-18-22(17-11-28-30(2)12-17)23(18)24(31)29-21-8-14-6-19(15-4-13(5-15)9-26)20(25)7-16(14)10-27-21/h6-8,10-13,15,18,22-23H,3-5H2,1-2H3,(H,27,29,31)/t13-,15+,18-,22-,23-/m1/s1. The zero-order valence-electron chi connectivity index (χ0n) is 17.5. The van der Waals surface area contributed by atoms with Gasteiger partial charge >= 0.3 is 0 Å². The molecule has 3 aromatic rings. The Bertz CT molecular complexity index is 1210. The maximum atomic E-state index is 13.0. The molecule has 0 bridgehead atoms. The summed E-state index contributed by atoms with van der Waals surface area (Å²) in [6, 6.07) is 8.25. The number of fused-ring (bicyclic) bond motifs is 1. The fourth-order valence-electron chi connectivity index (χ4n) is 5.06. The molecule has 0 unspecified atom stereocenters. The fraction of sp³-hybridized carbons (Fsp3) is 0.417.